The van der Waals surface area contributed by atoms with Gasteiger partial charge in [0.2, 0.25) is 20.0 Å². The molecule has 0 aliphatic carbocycles. The number of carbonyl (C=O) groups excluding carboxylic acids is 1. The molecule has 2 aromatic carbocycles. The van der Waals surface area contributed by atoms with Crippen molar-refractivity contribution < 1.29 is 26.4 Å². The molecule has 40 heavy (non-hydrogen) atoms. The third kappa shape index (κ3) is 6.45. The van der Waals surface area contributed by atoms with Gasteiger partial charge in [0, 0.05) is 42.7 Å². The van der Waals surface area contributed by atoms with Gasteiger partial charge in [0.25, 0.3) is 0 Å². The number of carbonyl (C=O) groups is 1. The number of Topliss-reactive ketones (excluding diaryl/α,β-unsaturated/α-hetero) is 1. The summed E-state index contributed by atoms with van der Waals surface area (Å²) in [6.45, 7) is 2.40. The largest absolute Gasteiger partial charge is 0.379 e. The number of thiazole rings is 1. The average molecular weight is 605 g/mol. The van der Waals surface area contributed by atoms with Gasteiger partial charge in [-0.2, -0.15) is 8.61 Å². The van der Waals surface area contributed by atoms with Crippen LogP contribution >= 0.6 is 11.3 Å². The topological polar surface area (TPSA) is 126 Å². The highest BCUT2D eigenvalue weighted by Gasteiger charge is 2.27. The van der Waals surface area contributed by atoms with Crippen LogP contribution in [0.4, 0.5) is 5.13 Å². The van der Waals surface area contributed by atoms with E-state index in [1.807, 2.05) is 5.38 Å². The number of ketones is 1. The van der Waals surface area contributed by atoms with E-state index in [4.69, 9.17) is 4.74 Å². The monoisotopic (exact) mass is 604 g/mol. The number of morpholine rings is 1. The maximum Gasteiger partial charge on any atom is 0.243 e. The lowest BCUT2D eigenvalue weighted by molar-refractivity contribution is 0.0730. The summed E-state index contributed by atoms with van der Waals surface area (Å²) >= 11 is 1.32. The zero-order valence-corrected chi connectivity index (χ0v) is 24.4. The van der Waals surface area contributed by atoms with Gasteiger partial charge in [-0.3, -0.25) is 4.79 Å². The normalized spacial score (nSPS) is 17.8. The molecular weight excluding hydrogens is 573 g/mol. The summed E-state index contributed by atoms with van der Waals surface area (Å²) < 4.78 is 60.2. The molecule has 2 aliphatic heterocycles. The van der Waals surface area contributed by atoms with Crippen LogP contribution in [0.25, 0.3) is 11.3 Å². The number of anilines is 1. The minimum absolute atomic E-state index is 0.0447. The van der Waals surface area contributed by atoms with Crippen molar-refractivity contribution in [1.29, 1.82) is 0 Å². The summed E-state index contributed by atoms with van der Waals surface area (Å²) in [5.74, 6) is -0.248. The molecule has 214 valence electrons. The van der Waals surface area contributed by atoms with E-state index in [9.17, 15) is 21.6 Å². The molecule has 10 nitrogen and oxygen atoms in total. The number of aromatic nitrogens is 1. The molecule has 0 bridgehead atoms. The molecule has 0 saturated carbocycles. The Kier molecular flexibility index (Phi) is 8.98. The zero-order chi connectivity index (χ0) is 28.2. The molecule has 0 spiro atoms. The van der Waals surface area contributed by atoms with Crippen LogP contribution in [-0.4, -0.2) is 82.2 Å². The fourth-order valence-corrected chi connectivity index (χ4v) is 8.43. The van der Waals surface area contributed by atoms with Gasteiger partial charge >= 0.3 is 0 Å². The second-order valence-corrected chi connectivity index (χ2v) is 14.4. The van der Waals surface area contributed by atoms with Crippen molar-refractivity contribution in [3.63, 3.8) is 0 Å². The minimum Gasteiger partial charge on any atom is -0.379 e. The van der Waals surface area contributed by atoms with Gasteiger partial charge < -0.3 is 10.1 Å². The Morgan fingerprint density at radius 2 is 1.50 bits per heavy atom. The lowest BCUT2D eigenvalue weighted by Crippen LogP contribution is -2.40. The van der Waals surface area contributed by atoms with Crippen molar-refractivity contribution in [2.45, 2.75) is 35.5 Å². The highest BCUT2D eigenvalue weighted by molar-refractivity contribution is 7.89. The van der Waals surface area contributed by atoms with E-state index in [1.165, 1.54) is 32.1 Å². The first-order chi connectivity index (χ1) is 19.2. The Hall–Kier alpha value is -2.68. The second-order valence-electron chi connectivity index (χ2n) is 9.70. The summed E-state index contributed by atoms with van der Waals surface area (Å²) in [7, 11) is -7.23. The first-order valence-electron chi connectivity index (χ1n) is 13.3. The average Bonchev–Trinajstić information content (AvgIpc) is 3.28. The van der Waals surface area contributed by atoms with Crippen LogP contribution in [0.2, 0.25) is 0 Å². The summed E-state index contributed by atoms with van der Waals surface area (Å²) in [4.78, 5) is 17.8. The van der Waals surface area contributed by atoms with E-state index in [0.717, 1.165) is 31.2 Å². The van der Waals surface area contributed by atoms with E-state index < -0.39 is 20.0 Å². The first kappa shape index (κ1) is 28.8. The van der Waals surface area contributed by atoms with Crippen LogP contribution < -0.4 is 5.32 Å². The van der Waals surface area contributed by atoms with Crippen LogP contribution in [0.15, 0.2) is 63.7 Å². The Labute approximate surface area is 239 Å². The van der Waals surface area contributed by atoms with Crippen molar-refractivity contribution in [2.75, 3.05) is 51.3 Å². The summed E-state index contributed by atoms with van der Waals surface area (Å²) in [5, 5.41) is 5.38. The van der Waals surface area contributed by atoms with Gasteiger partial charge in [-0.05, 0) is 37.1 Å². The number of benzene rings is 2. The van der Waals surface area contributed by atoms with Gasteiger partial charge in [-0.15, -0.1) is 11.3 Å². The third-order valence-electron chi connectivity index (χ3n) is 7.02. The van der Waals surface area contributed by atoms with E-state index in [-0.39, 0.29) is 22.1 Å². The van der Waals surface area contributed by atoms with Gasteiger partial charge in [-0.1, -0.05) is 37.1 Å². The molecule has 13 heteroatoms. The number of hydrogen-bond acceptors (Lipinski definition) is 9. The predicted octanol–water partition coefficient (Wildman–Crippen LogP) is 3.69. The summed E-state index contributed by atoms with van der Waals surface area (Å²) in [6.07, 6.45) is 3.73. The predicted molar refractivity (Wildman–Crippen MR) is 154 cm³/mol. The maximum atomic E-state index is 13.1. The van der Waals surface area contributed by atoms with E-state index in [1.54, 1.807) is 36.4 Å². The molecule has 0 unspecified atom stereocenters. The summed E-state index contributed by atoms with van der Waals surface area (Å²) in [6, 6.07) is 12.8. The maximum absolute atomic E-state index is 13.1. The Bertz CT molecular complexity index is 1540. The Morgan fingerprint density at radius 3 is 2.20 bits per heavy atom. The number of rotatable bonds is 9. The molecule has 2 saturated heterocycles. The molecule has 2 aliphatic rings. The smallest absolute Gasteiger partial charge is 0.243 e. The van der Waals surface area contributed by atoms with E-state index in [0.29, 0.717) is 55.8 Å². The van der Waals surface area contributed by atoms with Crippen molar-refractivity contribution in [3.05, 3.63) is 59.5 Å². The van der Waals surface area contributed by atoms with Crippen LogP contribution in [0.5, 0.6) is 0 Å². The van der Waals surface area contributed by atoms with Crippen molar-refractivity contribution >= 4 is 42.3 Å². The van der Waals surface area contributed by atoms with E-state index in [2.05, 4.69) is 10.3 Å². The van der Waals surface area contributed by atoms with Crippen LogP contribution in [0.1, 0.15) is 36.0 Å². The van der Waals surface area contributed by atoms with Crippen LogP contribution in [-0.2, 0) is 24.8 Å². The highest BCUT2D eigenvalue weighted by atomic mass is 32.2. The van der Waals surface area contributed by atoms with Crippen LogP contribution in [0, 0.1) is 0 Å². The Balaban J connectivity index is 1.21. The van der Waals surface area contributed by atoms with Crippen LogP contribution in [0.3, 0.4) is 0 Å². The number of nitrogens with zero attached hydrogens (tertiary/aromatic N) is 3. The van der Waals surface area contributed by atoms with Gasteiger partial charge in [-0.25, -0.2) is 21.8 Å². The molecule has 5 rings (SSSR count). The SMILES string of the molecule is O=C(CNc1nc(-c2ccc(S(=O)(=O)N3CCOCC3)cc2)cs1)c1cccc(S(=O)(=O)N2CCCCCC2)c1. The lowest BCUT2D eigenvalue weighted by Gasteiger charge is -2.26. The molecule has 0 atom stereocenters. The number of ether oxygens (including phenoxy) is 1. The number of hydrogen-bond donors (Lipinski definition) is 1. The van der Waals surface area contributed by atoms with Crippen molar-refractivity contribution in [3.8, 4) is 11.3 Å². The fourth-order valence-electron chi connectivity index (χ4n) is 4.74. The van der Waals surface area contributed by atoms with Gasteiger partial charge in [0.05, 0.1) is 35.2 Å². The first-order valence-corrected chi connectivity index (χ1v) is 17.0. The van der Waals surface area contributed by atoms with Crippen molar-refractivity contribution in [1.82, 2.24) is 13.6 Å². The van der Waals surface area contributed by atoms with Gasteiger partial charge in [0.15, 0.2) is 10.9 Å². The highest BCUT2D eigenvalue weighted by Crippen LogP contribution is 2.27. The number of sulfonamides is 2. The minimum atomic E-state index is -3.65. The standard InChI is InChI=1S/C27H32N4O6S3/c32-26(22-6-5-7-24(18-22)40(35,36)30-12-3-1-2-4-13-30)19-28-27-29-25(20-38-27)21-8-10-23(11-9-21)39(33,34)31-14-16-37-17-15-31/h5-11,18,20H,1-4,12-17,19H2,(H,28,29). The molecule has 0 radical (unpaired) electrons. The molecule has 0 amide bonds. The Morgan fingerprint density at radius 1 is 0.850 bits per heavy atom. The van der Waals surface area contributed by atoms with Crippen molar-refractivity contribution in [2.24, 2.45) is 0 Å². The third-order valence-corrected chi connectivity index (χ3v) is 11.6. The molecule has 1 aromatic heterocycles. The quantitative estimate of drug-likeness (QED) is 0.367. The van der Waals surface area contributed by atoms with Gasteiger partial charge in [0.1, 0.15) is 0 Å². The molecule has 2 fully saturated rings. The molecule has 3 heterocycles. The summed E-state index contributed by atoms with van der Waals surface area (Å²) in [5.41, 5.74) is 1.72. The molecule has 1 N–H and O–H groups in total. The fraction of sp³-hybridized carbons (Fsp3) is 0.407. The lowest BCUT2D eigenvalue weighted by atomic mass is 10.1. The molecule has 3 aromatic rings. The number of nitrogens with one attached hydrogen (secondary N) is 1. The second kappa shape index (κ2) is 12.5. The molecular formula is C27H32N4O6S3. The zero-order valence-electron chi connectivity index (χ0n) is 22.0. The van der Waals surface area contributed by atoms with E-state index >= 15 is 0 Å².